The number of hydrogen-bond acceptors (Lipinski definition) is 4. The van der Waals surface area contributed by atoms with Gasteiger partial charge in [0.2, 0.25) is 0 Å². The number of imidazole rings is 1. The van der Waals surface area contributed by atoms with Crippen LogP contribution < -0.4 is 10.9 Å². The lowest BCUT2D eigenvalue weighted by Crippen LogP contribution is -2.22. The minimum Gasteiger partial charge on any atom is -0.382 e. The van der Waals surface area contributed by atoms with Crippen molar-refractivity contribution in [2.24, 2.45) is 7.05 Å². The van der Waals surface area contributed by atoms with Gasteiger partial charge >= 0.3 is 0 Å². The predicted octanol–water partition coefficient (Wildman–Crippen LogP) is 3.82. The Hall–Kier alpha value is -3.12. The minimum absolute atomic E-state index is 0.140. The molecule has 0 saturated carbocycles. The molecule has 0 fully saturated rings. The Morgan fingerprint density at radius 2 is 1.82 bits per heavy atom. The molecule has 0 bridgehead atoms. The molecule has 6 nitrogen and oxygen atoms in total. The monoisotopic (exact) mass is 393 g/mol. The van der Waals surface area contributed by atoms with Gasteiger partial charge in [0.15, 0.2) is 0 Å². The third kappa shape index (κ3) is 3.51. The summed E-state index contributed by atoms with van der Waals surface area (Å²) in [4.78, 5) is 17.2. The molecular formula is C21H20ClN5O. The molecule has 0 atom stereocenters. The zero-order valence-electron chi connectivity index (χ0n) is 15.5. The summed E-state index contributed by atoms with van der Waals surface area (Å²) in [5.74, 6) is 1.03. The Morgan fingerprint density at radius 3 is 2.61 bits per heavy atom. The first-order chi connectivity index (χ1) is 13.6. The van der Waals surface area contributed by atoms with E-state index in [2.05, 4.69) is 26.0 Å². The van der Waals surface area contributed by atoms with Crippen molar-refractivity contribution in [2.45, 2.75) is 12.8 Å². The maximum absolute atomic E-state index is 12.5. The van der Waals surface area contributed by atoms with Crippen molar-refractivity contribution >= 4 is 28.3 Å². The number of para-hydroxylation sites is 3. The Bertz CT molecular complexity index is 1170. The maximum Gasteiger partial charge on any atom is 0.292 e. The smallest absolute Gasteiger partial charge is 0.292 e. The number of anilines is 1. The van der Waals surface area contributed by atoms with Crippen LogP contribution in [0.3, 0.4) is 0 Å². The second-order valence-corrected chi connectivity index (χ2v) is 6.91. The largest absolute Gasteiger partial charge is 0.382 e. The second kappa shape index (κ2) is 7.86. The van der Waals surface area contributed by atoms with Gasteiger partial charge in [-0.05, 0) is 30.7 Å². The third-order valence-corrected chi connectivity index (χ3v) is 5.06. The highest BCUT2D eigenvalue weighted by Crippen LogP contribution is 2.18. The van der Waals surface area contributed by atoms with Gasteiger partial charge in [-0.15, -0.1) is 0 Å². The van der Waals surface area contributed by atoms with Gasteiger partial charge in [-0.2, -0.15) is 9.78 Å². The molecule has 0 amide bonds. The number of nitrogens with zero attached hydrogens (tertiary/aromatic N) is 4. The highest BCUT2D eigenvalue weighted by molar-refractivity contribution is 6.32. The van der Waals surface area contributed by atoms with Gasteiger partial charge in [0.25, 0.3) is 5.56 Å². The standard InChI is InChI=1S/C21H20ClN5O/c1-26-18-11-6-5-10-16(18)25-19(26)12-7-13-23-17-14-24-27(21(28)20(17)22)15-8-3-2-4-9-15/h2-6,8-11,14,23H,7,12-13H2,1H3. The Morgan fingerprint density at radius 1 is 1.07 bits per heavy atom. The first-order valence-corrected chi connectivity index (χ1v) is 9.50. The third-order valence-electron chi connectivity index (χ3n) is 4.69. The Labute approximate surface area is 167 Å². The summed E-state index contributed by atoms with van der Waals surface area (Å²) < 4.78 is 3.41. The van der Waals surface area contributed by atoms with E-state index in [1.165, 1.54) is 4.68 Å². The van der Waals surface area contributed by atoms with E-state index in [1.807, 2.05) is 55.6 Å². The van der Waals surface area contributed by atoms with E-state index in [0.717, 1.165) is 29.7 Å². The number of fused-ring (bicyclic) bond motifs is 1. The molecule has 0 radical (unpaired) electrons. The maximum atomic E-state index is 12.5. The van der Waals surface area contributed by atoms with Crippen LogP contribution in [0.4, 0.5) is 5.69 Å². The van der Waals surface area contributed by atoms with Gasteiger partial charge in [0.1, 0.15) is 10.8 Å². The lowest BCUT2D eigenvalue weighted by molar-refractivity contribution is 0.751. The van der Waals surface area contributed by atoms with E-state index in [9.17, 15) is 4.79 Å². The zero-order valence-corrected chi connectivity index (χ0v) is 16.2. The molecule has 2 aromatic carbocycles. The number of aromatic nitrogens is 4. The van der Waals surface area contributed by atoms with Crippen molar-refractivity contribution in [2.75, 3.05) is 11.9 Å². The molecule has 4 aromatic rings. The van der Waals surface area contributed by atoms with Crippen molar-refractivity contribution in [1.29, 1.82) is 0 Å². The van der Waals surface area contributed by atoms with Crippen molar-refractivity contribution in [1.82, 2.24) is 19.3 Å². The van der Waals surface area contributed by atoms with E-state index in [-0.39, 0.29) is 10.6 Å². The molecule has 0 aliphatic heterocycles. The van der Waals surface area contributed by atoms with Crippen LogP contribution in [-0.4, -0.2) is 25.9 Å². The molecule has 0 aliphatic rings. The van der Waals surface area contributed by atoms with Gasteiger partial charge < -0.3 is 9.88 Å². The van der Waals surface area contributed by atoms with Crippen LogP contribution in [0.2, 0.25) is 5.02 Å². The molecular weight excluding hydrogens is 374 g/mol. The lowest BCUT2D eigenvalue weighted by atomic mass is 10.3. The highest BCUT2D eigenvalue weighted by atomic mass is 35.5. The van der Waals surface area contributed by atoms with Gasteiger partial charge in [0.05, 0.1) is 28.6 Å². The summed E-state index contributed by atoms with van der Waals surface area (Å²) in [6.45, 7) is 0.666. The average Bonchev–Trinajstić information content (AvgIpc) is 3.05. The number of nitrogens with one attached hydrogen (secondary N) is 1. The topological polar surface area (TPSA) is 64.7 Å². The van der Waals surface area contributed by atoms with Crippen LogP contribution in [0.1, 0.15) is 12.2 Å². The zero-order chi connectivity index (χ0) is 19.5. The highest BCUT2D eigenvalue weighted by Gasteiger charge is 2.11. The fourth-order valence-corrected chi connectivity index (χ4v) is 3.39. The lowest BCUT2D eigenvalue weighted by Gasteiger charge is -2.10. The van der Waals surface area contributed by atoms with Crippen LogP contribution in [0.15, 0.2) is 65.6 Å². The summed E-state index contributed by atoms with van der Waals surface area (Å²) in [5.41, 5.74) is 3.02. The summed E-state index contributed by atoms with van der Waals surface area (Å²) in [6.07, 6.45) is 3.27. The molecule has 0 aliphatic carbocycles. The van der Waals surface area contributed by atoms with Crippen LogP contribution in [0, 0.1) is 0 Å². The van der Waals surface area contributed by atoms with Gasteiger partial charge in [-0.25, -0.2) is 4.98 Å². The van der Waals surface area contributed by atoms with E-state index >= 15 is 0 Å². The quantitative estimate of drug-likeness (QED) is 0.506. The predicted molar refractivity (Wildman–Crippen MR) is 112 cm³/mol. The fourth-order valence-electron chi connectivity index (χ4n) is 3.20. The number of benzene rings is 2. The number of halogens is 1. The molecule has 1 N–H and O–H groups in total. The Kier molecular flexibility index (Phi) is 5.12. The number of hydrogen-bond donors (Lipinski definition) is 1. The summed E-state index contributed by atoms with van der Waals surface area (Å²) in [5, 5.41) is 7.58. The van der Waals surface area contributed by atoms with Crippen LogP contribution >= 0.6 is 11.6 Å². The molecule has 4 rings (SSSR count). The summed E-state index contributed by atoms with van der Waals surface area (Å²) in [7, 11) is 2.03. The molecule has 142 valence electrons. The van der Waals surface area contributed by atoms with Crippen molar-refractivity contribution in [3.8, 4) is 5.69 Å². The van der Waals surface area contributed by atoms with Crippen LogP contribution in [0.25, 0.3) is 16.7 Å². The van der Waals surface area contributed by atoms with E-state index in [4.69, 9.17) is 11.6 Å². The van der Waals surface area contributed by atoms with Gasteiger partial charge in [0, 0.05) is 20.0 Å². The molecule has 0 saturated heterocycles. The van der Waals surface area contributed by atoms with Gasteiger partial charge in [-0.3, -0.25) is 4.79 Å². The molecule has 2 aromatic heterocycles. The number of aryl methyl sites for hydroxylation is 2. The van der Waals surface area contributed by atoms with Crippen LogP contribution in [-0.2, 0) is 13.5 Å². The summed E-state index contributed by atoms with van der Waals surface area (Å²) >= 11 is 6.27. The first kappa shape index (κ1) is 18.3. The minimum atomic E-state index is -0.340. The van der Waals surface area contributed by atoms with Gasteiger partial charge in [-0.1, -0.05) is 41.9 Å². The normalized spacial score (nSPS) is 11.1. The average molecular weight is 394 g/mol. The summed E-state index contributed by atoms with van der Waals surface area (Å²) in [6, 6.07) is 17.3. The van der Waals surface area contributed by atoms with Crippen LogP contribution in [0.5, 0.6) is 0 Å². The molecule has 28 heavy (non-hydrogen) atoms. The van der Waals surface area contributed by atoms with E-state index in [1.54, 1.807) is 6.20 Å². The molecule has 7 heteroatoms. The van der Waals surface area contributed by atoms with Crippen molar-refractivity contribution in [3.63, 3.8) is 0 Å². The first-order valence-electron chi connectivity index (χ1n) is 9.12. The second-order valence-electron chi connectivity index (χ2n) is 6.53. The van der Waals surface area contributed by atoms with E-state index in [0.29, 0.717) is 17.9 Å². The molecule has 0 unspecified atom stereocenters. The molecule has 2 heterocycles. The number of rotatable bonds is 6. The Balaban J connectivity index is 1.42. The molecule has 0 spiro atoms. The van der Waals surface area contributed by atoms with E-state index < -0.39 is 0 Å². The SMILES string of the molecule is Cn1c(CCCNc2cnn(-c3ccccc3)c(=O)c2Cl)nc2ccccc21. The van der Waals surface area contributed by atoms with Crippen molar-refractivity contribution in [3.05, 3.63) is 82.0 Å². The fraction of sp³-hybridized carbons (Fsp3) is 0.190. The van der Waals surface area contributed by atoms with Crippen molar-refractivity contribution < 1.29 is 0 Å².